The van der Waals surface area contributed by atoms with Gasteiger partial charge in [0.05, 0.1) is 12.6 Å². The highest BCUT2D eigenvalue weighted by Crippen LogP contribution is 2.09. The first-order valence-electron chi connectivity index (χ1n) is 7.15. The van der Waals surface area contributed by atoms with E-state index in [9.17, 15) is 9.59 Å². The van der Waals surface area contributed by atoms with E-state index in [1.807, 2.05) is 25.8 Å². The van der Waals surface area contributed by atoms with Gasteiger partial charge in [-0.15, -0.1) is 0 Å². The van der Waals surface area contributed by atoms with Gasteiger partial charge in [-0.05, 0) is 39.2 Å². The Kier molecular flexibility index (Phi) is 7.91. The Morgan fingerprint density at radius 1 is 1.11 bits per heavy atom. The molecule has 0 bridgehead atoms. The van der Waals surface area contributed by atoms with Crippen LogP contribution in [0.2, 0.25) is 0 Å². The van der Waals surface area contributed by atoms with E-state index in [0.29, 0.717) is 18.5 Å². The van der Waals surface area contributed by atoms with E-state index in [2.05, 4.69) is 26.1 Å². The third-order valence-corrected chi connectivity index (χ3v) is 3.38. The van der Waals surface area contributed by atoms with Crippen LogP contribution in [0.4, 0.5) is 0 Å². The van der Waals surface area contributed by atoms with Gasteiger partial charge in [0, 0.05) is 6.04 Å². The summed E-state index contributed by atoms with van der Waals surface area (Å²) in [6.07, 6.45) is 1.06. The predicted molar refractivity (Wildman–Crippen MR) is 79.0 cm³/mol. The molecule has 0 radical (unpaired) electrons. The topological polar surface area (TPSA) is 49.4 Å². The zero-order valence-electron chi connectivity index (χ0n) is 13.5. The van der Waals surface area contributed by atoms with Gasteiger partial charge in [-0.2, -0.15) is 0 Å². The smallest absolute Gasteiger partial charge is 0.234 e. The number of rotatable bonds is 8. The number of nitrogens with zero attached hydrogens (tertiary/aromatic N) is 1. The predicted octanol–water partition coefficient (Wildman–Crippen LogP) is 2.08. The zero-order valence-corrected chi connectivity index (χ0v) is 13.5. The molecular formula is C15H30N2O2. The van der Waals surface area contributed by atoms with E-state index in [0.717, 1.165) is 6.42 Å². The van der Waals surface area contributed by atoms with Crippen molar-refractivity contribution in [2.24, 2.45) is 11.8 Å². The van der Waals surface area contributed by atoms with E-state index in [-0.39, 0.29) is 23.7 Å². The van der Waals surface area contributed by atoms with Crippen LogP contribution >= 0.6 is 0 Å². The van der Waals surface area contributed by atoms with Gasteiger partial charge < -0.3 is 5.32 Å². The van der Waals surface area contributed by atoms with Crippen LogP contribution in [0.25, 0.3) is 0 Å². The van der Waals surface area contributed by atoms with Crippen LogP contribution in [0, 0.1) is 11.8 Å². The fourth-order valence-electron chi connectivity index (χ4n) is 2.20. The maximum Gasteiger partial charge on any atom is 0.234 e. The van der Waals surface area contributed by atoms with Crippen molar-refractivity contribution in [3.63, 3.8) is 0 Å². The van der Waals surface area contributed by atoms with Crippen molar-refractivity contribution in [2.45, 2.75) is 60.0 Å². The minimum atomic E-state index is -0.374. The molecule has 0 aromatic carbocycles. The molecule has 0 aromatic heterocycles. The highest BCUT2D eigenvalue weighted by Gasteiger charge is 2.22. The number of carbonyl (C=O) groups is 2. The van der Waals surface area contributed by atoms with Crippen molar-refractivity contribution in [1.29, 1.82) is 0 Å². The van der Waals surface area contributed by atoms with E-state index in [1.165, 1.54) is 6.92 Å². The fraction of sp³-hybridized carbons (Fsp3) is 0.867. The first kappa shape index (κ1) is 18.1. The summed E-state index contributed by atoms with van der Waals surface area (Å²) in [6, 6.07) is -0.0121. The summed E-state index contributed by atoms with van der Waals surface area (Å²) in [4.78, 5) is 25.5. The first-order chi connectivity index (χ1) is 8.65. The number of hydrogen-bond acceptors (Lipinski definition) is 3. The molecule has 4 heteroatoms. The third kappa shape index (κ3) is 7.31. The quantitative estimate of drug-likeness (QED) is 0.734. The number of nitrogens with one attached hydrogen (secondary N) is 1. The molecule has 19 heavy (non-hydrogen) atoms. The molecule has 0 fully saturated rings. The monoisotopic (exact) mass is 270 g/mol. The maximum absolute atomic E-state index is 12.0. The molecular weight excluding hydrogens is 240 g/mol. The lowest BCUT2D eigenvalue weighted by Crippen LogP contribution is -2.48. The lowest BCUT2D eigenvalue weighted by atomic mass is 10.0. The Labute approximate surface area is 117 Å². The molecule has 4 nitrogen and oxygen atoms in total. The van der Waals surface area contributed by atoms with Crippen molar-refractivity contribution in [1.82, 2.24) is 10.2 Å². The highest BCUT2D eigenvalue weighted by atomic mass is 16.2. The zero-order chi connectivity index (χ0) is 15.2. The highest BCUT2D eigenvalue weighted by molar-refractivity contribution is 5.88. The SMILES string of the molecule is CC(=O)C(NC(=O)CN(C)C(C)CC(C)C)C(C)C. The summed E-state index contributed by atoms with van der Waals surface area (Å²) in [5, 5.41) is 2.82. The van der Waals surface area contributed by atoms with Crippen molar-refractivity contribution in [3.8, 4) is 0 Å². The Balaban J connectivity index is 4.33. The summed E-state index contributed by atoms with van der Waals surface area (Å²) in [7, 11) is 1.95. The molecule has 0 aromatic rings. The lowest BCUT2D eigenvalue weighted by Gasteiger charge is -2.27. The first-order valence-corrected chi connectivity index (χ1v) is 7.15. The summed E-state index contributed by atoms with van der Waals surface area (Å²) in [6.45, 7) is 12.2. The summed E-state index contributed by atoms with van der Waals surface area (Å²) in [5.41, 5.74) is 0. The maximum atomic E-state index is 12.0. The minimum Gasteiger partial charge on any atom is -0.345 e. The van der Waals surface area contributed by atoms with Crippen molar-refractivity contribution in [3.05, 3.63) is 0 Å². The van der Waals surface area contributed by atoms with Crippen LogP contribution in [0.15, 0.2) is 0 Å². The summed E-state index contributed by atoms with van der Waals surface area (Å²) in [5.74, 6) is 0.675. The Hall–Kier alpha value is -0.900. The van der Waals surface area contributed by atoms with Crippen LogP contribution in [0.1, 0.15) is 48.0 Å². The summed E-state index contributed by atoms with van der Waals surface area (Å²) >= 11 is 0. The molecule has 0 aliphatic heterocycles. The van der Waals surface area contributed by atoms with Crippen LogP contribution < -0.4 is 5.32 Å². The molecule has 1 N–H and O–H groups in total. The Bertz CT molecular complexity index is 301. The van der Waals surface area contributed by atoms with Crippen LogP contribution in [0.5, 0.6) is 0 Å². The van der Waals surface area contributed by atoms with E-state index >= 15 is 0 Å². The number of amides is 1. The van der Waals surface area contributed by atoms with Crippen LogP contribution in [-0.4, -0.2) is 42.3 Å². The normalized spacial score (nSPS) is 14.8. The van der Waals surface area contributed by atoms with E-state index in [1.54, 1.807) is 0 Å². The Morgan fingerprint density at radius 2 is 1.63 bits per heavy atom. The number of carbonyl (C=O) groups excluding carboxylic acids is 2. The molecule has 0 heterocycles. The molecule has 0 saturated heterocycles. The number of ketones is 1. The molecule has 2 unspecified atom stereocenters. The third-order valence-electron chi connectivity index (χ3n) is 3.38. The standard InChI is InChI=1S/C15H30N2O2/c1-10(2)8-12(5)17(7)9-14(19)16-15(11(3)4)13(6)18/h10-12,15H,8-9H2,1-7H3,(H,16,19). The second kappa shape index (κ2) is 8.31. The van der Waals surface area contributed by atoms with Gasteiger partial charge in [0.2, 0.25) is 5.91 Å². The molecule has 0 aliphatic carbocycles. The van der Waals surface area contributed by atoms with E-state index in [4.69, 9.17) is 0 Å². The molecule has 2 atom stereocenters. The van der Waals surface area contributed by atoms with Crippen LogP contribution in [0.3, 0.4) is 0 Å². The molecule has 0 rings (SSSR count). The second-order valence-corrected chi connectivity index (χ2v) is 6.29. The van der Waals surface area contributed by atoms with Crippen molar-refractivity contribution >= 4 is 11.7 Å². The van der Waals surface area contributed by atoms with Gasteiger partial charge >= 0.3 is 0 Å². The average Bonchev–Trinajstić information content (AvgIpc) is 2.23. The summed E-state index contributed by atoms with van der Waals surface area (Å²) < 4.78 is 0. The van der Waals surface area contributed by atoms with Crippen molar-refractivity contribution in [2.75, 3.05) is 13.6 Å². The van der Waals surface area contributed by atoms with Gasteiger partial charge in [0.25, 0.3) is 0 Å². The second-order valence-electron chi connectivity index (χ2n) is 6.29. The largest absolute Gasteiger partial charge is 0.345 e. The minimum absolute atomic E-state index is 0.0150. The van der Waals surface area contributed by atoms with Crippen LogP contribution in [-0.2, 0) is 9.59 Å². The van der Waals surface area contributed by atoms with Gasteiger partial charge in [-0.1, -0.05) is 27.7 Å². The molecule has 0 spiro atoms. The molecule has 112 valence electrons. The van der Waals surface area contributed by atoms with Gasteiger partial charge in [-0.25, -0.2) is 0 Å². The number of Topliss-reactive ketones (excluding diaryl/α,β-unsaturated/α-hetero) is 1. The number of likely N-dealkylation sites (N-methyl/N-ethyl adjacent to an activating group) is 1. The van der Waals surface area contributed by atoms with Crippen molar-refractivity contribution < 1.29 is 9.59 Å². The molecule has 0 saturated carbocycles. The number of hydrogen-bond donors (Lipinski definition) is 1. The molecule has 1 amide bonds. The van der Waals surface area contributed by atoms with Gasteiger partial charge in [-0.3, -0.25) is 14.5 Å². The van der Waals surface area contributed by atoms with E-state index < -0.39 is 0 Å². The fourth-order valence-corrected chi connectivity index (χ4v) is 2.20. The Morgan fingerprint density at radius 3 is 2.00 bits per heavy atom. The average molecular weight is 270 g/mol. The van der Waals surface area contributed by atoms with Gasteiger partial charge in [0.1, 0.15) is 0 Å². The molecule has 0 aliphatic rings. The van der Waals surface area contributed by atoms with Gasteiger partial charge in [0.15, 0.2) is 5.78 Å². The lowest BCUT2D eigenvalue weighted by molar-refractivity contribution is -0.128.